The van der Waals surface area contributed by atoms with Crippen molar-refractivity contribution in [1.82, 2.24) is 4.90 Å². The van der Waals surface area contributed by atoms with Crippen LogP contribution in [0.3, 0.4) is 0 Å². The van der Waals surface area contributed by atoms with Gasteiger partial charge in [-0.05, 0) is 30.3 Å². The monoisotopic (exact) mass is 405 g/mol. The first kappa shape index (κ1) is 19.5. The minimum absolute atomic E-state index is 0.179. The highest BCUT2D eigenvalue weighted by Gasteiger charge is 2.21. The highest BCUT2D eigenvalue weighted by atomic mass is 35.5. The van der Waals surface area contributed by atoms with Gasteiger partial charge in [0.1, 0.15) is 0 Å². The van der Waals surface area contributed by atoms with Crippen molar-refractivity contribution in [2.24, 2.45) is 0 Å². The van der Waals surface area contributed by atoms with Crippen molar-refractivity contribution in [2.75, 3.05) is 36.4 Å². The summed E-state index contributed by atoms with van der Waals surface area (Å²) in [6, 6.07) is 12.3. The van der Waals surface area contributed by atoms with Crippen LogP contribution in [0.2, 0.25) is 10.0 Å². The molecule has 27 heavy (non-hydrogen) atoms. The van der Waals surface area contributed by atoms with E-state index in [1.165, 1.54) is 0 Å². The van der Waals surface area contributed by atoms with Crippen LogP contribution in [0.1, 0.15) is 23.7 Å². The molecule has 0 radical (unpaired) electrons. The van der Waals surface area contributed by atoms with E-state index in [2.05, 4.69) is 10.2 Å². The van der Waals surface area contributed by atoms with Gasteiger partial charge in [-0.2, -0.15) is 0 Å². The molecule has 1 saturated heterocycles. The molecule has 1 N–H and O–H groups in total. The number of hydrogen-bond donors (Lipinski definition) is 1. The Morgan fingerprint density at radius 3 is 2.33 bits per heavy atom. The summed E-state index contributed by atoms with van der Waals surface area (Å²) in [5.41, 5.74) is 1.92. The van der Waals surface area contributed by atoms with Gasteiger partial charge >= 0.3 is 0 Å². The van der Waals surface area contributed by atoms with E-state index in [1.54, 1.807) is 30.3 Å². The number of nitrogens with one attached hydrogen (secondary N) is 1. The quantitative estimate of drug-likeness (QED) is 0.824. The van der Waals surface area contributed by atoms with E-state index in [0.29, 0.717) is 40.8 Å². The fourth-order valence-corrected chi connectivity index (χ4v) is 3.63. The third kappa shape index (κ3) is 4.54. The smallest absolute Gasteiger partial charge is 0.257 e. The number of rotatable bonds is 4. The minimum atomic E-state index is -0.281. The van der Waals surface area contributed by atoms with Crippen LogP contribution in [0, 0.1) is 0 Å². The van der Waals surface area contributed by atoms with Gasteiger partial charge in [0.2, 0.25) is 5.91 Å². The summed E-state index contributed by atoms with van der Waals surface area (Å²) in [5.74, 6) is -0.102. The van der Waals surface area contributed by atoms with Crippen LogP contribution in [0.4, 0.5) is 11.4 Å². The fourth-order valence-electron chi connectivity index (χ4n) is 3.11. The van der Waals surface area contributed by atoms with Crippen molar-refractivity contribution in [3.63, 3.8) is 0 Å². The molecule has 2 aromatic rings. The maximum atomic E-state index is 12.4. The van der Waals surface area contributed by atoms with E-state index in [4.69, 9.17) is 23.2 Å². The summed E-state index contributed by atoms with van der Waals surface area (Å²) in [4.78, 5) is 28.2. The topological polar surface area (TPSA) is 52.7 Å². The lowest BCUT2D eigenvalue weighted by molar-refractivity contribution is -0.131. The summed E-state index contributed by atoms with van der Waals surface area (Å²) in [7, 11) is 0. The number of amides is 2. The standard InChI is InChI=1S/C20H21Cl2N3O2/c1-2-19(26)25-11-9-24(10-12-25)18-8-7-14(13-17(18)22)23-20(27)15-5-3-4-6-16(15)21/h3-8,13H,2,9-12H2,1H3,(H,23,27). The third-order valence-electron chi connectivity index (χ3n) is 4.60. The van der Waals surface area contributed by atoms with Crippen molar-refractivity contribution >= 4 is 46.4 Å². The molecule has 3 rings (SSSR count). The van der Waals surface area contributed by atoms with Crippen molar-refractivity contribution in [1.29, 1.82) is 0 Å². The predicted molar refractivity (Wildman–Crippen MR) is 110 cm³/mol. The van der Waals surface area contributed by atoms with Crippen molar-refractivity contribution < 1.29 is 9.59 Å². The van der Waals surface area contributed by atoms with E-state index < -0.39 is 0 Å². The van der Waals surface area contributed by atoms with Crippen LogP contribution >= 0.6 is 23.2 Å². The summed E-state index contributed by atoms with van der Waals surface area (Å²) < 4.78 is 0. The Morgan fingerprint density at radius 2 is 1.70 bits per heavy atom. The zero-order valence-electron chi connectivity index (χ0n) is 15.0. The molecule has 0 unspecified atom stereocenters. The van der Waals surface area contributed by atoms with E-state index in [9.17, 15) is 9.59 Å². The highest BCUT2D eigenvalue weighted by molar-refractivity contribution is 6.35. The normalized spacial score (nSPS) is 14.2. The maximum absolute atomic E-state index is 12.4. The number of anilines is 2. The average Bonchev–Trinajstić information content (AvgIpc) is 2.68. The van der Waals surface area contributed by atoms with Crippen LogP contribution in [0.5, 0.6) is 0 Å². The molecular formula is C20H21Cl2N3O2. The van der Waals surface area contributed by atoms with Crippen molar-refractivity contribution in [3.05, 3.63) is 58.1 Å². The molecule has 0 aliphatic carbocycles. The molecule has 1 fully saturated rings. The van der Waals surface area contributed by atoms with Crippen LogP contribution in [-0.2, 0) is 4.79 Å². The van der Waals surface area contributed by atoms with Gasteiger partial charge in [0.15, 0.2) is 0 Å². The lowest BCUT2D eigenvalue weighted by atomic mass is 10.2. The van der Waals surface area contributed by atoms with Gasteiger partial charge in [-0.25, -0.2) is 0 Å². The molecule has 0 bridgehead atoms. The van der Waals surface area contributed by atoms with Crippen LogP contribution in [-0.4, -0.2) is 42.9 Å². The lowest BCUT2D eigenvalue weighted by Gasteiger charge is -2.36. The van der Waals surface area contributed by atoms with Gasteiger partial charge < -0.3 is 15.1 Å². The maximum Gasteiger partial charge on any atom is 0.257 e. The zero-order valence-corrected chi connectivity index (χ0v) is 16.6. The van der Waals surface area contributed by atoms with Gasteiger partial charge in [0.25, 0.3) is 5.91 Å². The number of piperazine rings is 1. The van der Waals surface area contributed by atoms with Gasteiger partial charge in [-0.15, -0.1) is 0 Å². The second kappa shape index (κ2) is 8.63. The Kier molecular flexibility index (Phi) is 6.24. The Bertz CT molecular complexity index is 849. The second-order valence-corrected chi connectivity index (χ2v) is 7.14. The Morgan fingerprint density at radius 1 is 1.00 bits per heavy atom. The van der Waals surface area contributed by atoms with Gasteiger partial charge in [-0.3, -0.25) is 9.59 Å². The highest BCUT2D eigenvalue weighted by Crippen LogP contribution is 2.30. The molecule has 2 amide bonds. The first-order valence-corrected chi connectivity index (χ1v) is 9.63. The Labute approximate surface area is 168 Å². The summed E-state index contributed by atoms with van der Waals surface area (Å²) in [6.07, 6.45) is 0.528. The fraction of sp³-hybridized carbons (Fsp3) is 0.300. The average molecular weight is 406 g/mol. The van der Waals surface area contributed by atoms with E-state index in [-0.39, 0.29) is 11.8 Å². The second-order valence-electron chi connectivity index (χ2n) is 6.32. The van der Waals surface area contributed by atoms with Crippen LogP contribution < -0.4 is 10.2 Å². The number of carbonyl (C=O) groups excluding carboxylic acids is 2. The van der Waals surface area contributed by atoms with E-state index >= 15 is 0 Å². The molecular weight excluding hydrogens is 385 g/mol. The Balaban J connectivity index is 1.67. The van der Waals surface area contributed by atoms with Gasteiger partial charge in [0.05, 0.1) is 21.3 Å². The van der Waals surface area contributed by atoms with Crippen LogP contribution in [0.25, 0.3) is 0 Å². The third-order valence-corrected chi connectivity index (χ3v) is 5.23. The van der Waals surface area contributed by atoms with Crippen molar-refractivity contribution in [3.8, 4) is 0 Å². The van der Waals surface area contributed by atoms with Crippen LogP contribution in [0.15, 0.2) is 42.5 Å². The predicted octanol–water partition coefficient (Wildman–Crippen LogP) is 4.30. The number of hydrogen-bond acceptors (Lipinski definition) is 3. The number of halogens is 2. The zero-order chi connectivity index (χ0) is 19.4. The molecule has 7 heteroatoms. The molecule has 5 nitrogen and oxygen atoms in total. The molecule has 1 aliphatic rings. The molecule has 1 heterocycles. The van der Waals surface area contributed by atoms with E-state index in [1.807, 2.05) is 24.0 Å². The van der Waals surface area contributed by atoms with Gasteiger partial charge in [-0.1, -0.05) is 42.3 Å². The molecule has 0 spiro atoms. The molecule has 0 atom stereocenters. The van der Waals surface area contributed by atoms with Crippen molar-refractivity contribution in [2.45, 2.75) is 13.3 Å². The minimum Gasteiger partial charge on any atom is -0.367 e. The molecule has 0 saturated carbocycles. The summed E-state index contributed by atoms with van der Waals surface area (Å²) >= 11 is 12.5. The number of nitrogens with zero attached hydrogens (tertiary/aromatic N) is 2. The largest absolute Gasteiger partial charge is 0.367 e. The van der Waals surface area contributed by atoms with Gasteiger partial charge in [0, 0.05) is 38.3 Å². The summed E-state index contributed by atoms with van der Waals surface area (Å²) in [5, 5.41) is 3.78. The Hall–Kier alpha value is -2.24. The summed E-state index contributed by atoms with van der Waals surface area (Å²) in [6.45, 7) is 4.72. The molecule has 142 valence electrons. The van der Waals surface area contributed by atoms with E-state index in [0.717, 1.165) is 18.8 Å². The molecule has 2 aromatic carbocycles. The molecule has 0 aromatic heterocycles. The number of benzene rings is 2. The number of carbonyl (C=O) groups is 2. The first-order valence-electron chi connectivity index (χ1n) is 8.87. The molecule has 1 aliphatic heterocycles. The SMILES string of the molecule is CCC(=O)N1CCN(c2ccc(NC(=O)c3ccccc3Cl)cc2Cl)CC1. The lowest BCUT2D eigenvalue weighted by Crippen LogP contribution is -2.48. The first-order chi connectivity index (χ1) is 13.0.